The second-order valence-corrected chi connectivity index (χ2v) is 6.66. The van der Waals surface area contributed by atoms with Crippen LogP contribution in [0.15, 0.2) is 18.2 Å². The summed E-state index contributed by atoms with van der Waals surface area (Å²) < 4.78 is 11.3. The molecule has 0 aliphatic heterocycles. The molecule has 0 saturated heterocycles. The Bertz CT molecular complexity index is 433. The summed E-state index contributed by atoms with van der Waals surface area (Å²) in [6.45, 7) is 8.13. The van der Waals surface area contributed by atoms with E-state index in [9.17, 15) is 0 Å². The van der Waals surface area contributed by atoms with Crippen molar-refractivity contribution in [2.24, 2.45) is 5.92 Å². The van der Waals surface area contributed by atoms with E-state index in [1.807, 2.05) is 12.1 Å². The van der Waals surface area contributed by atoms with Crippen molar-refractivity contribution >= 4 is 0 Å². The first-order chi connectivity index (χ1) is 9.48. The van der Waals surface area contributed by atoms with Gasteiger partial charge in [0.1, 0.15) is 11.5 Å². The maximum Gasteiger partial charge on any atom is 0.127 e. The normalized spacial score (nSPS) is 15.2. The molecule has 0 spiro atoms. The number of ether oxygens (including phenoxy) is 2. The number of benzene rings is 1. The van der Waals surface area contributed by atoms with Crippen LogP contribution in [0.5, 0.6) is 11.5 Å². The Balaban J connectivity index is 1.99. The van der Waals surface area contributed by atoms with Crippen LogP contribution in [0.25, 0.3) is 0 Å². The second kappa shape index (κ2) is 6.49. The van der Waals surface area contributed by atoms with Crippen molar-refractivity contribution in [1.29, 1.82) is 0 Å². The maximum atomic E-state index is 5.98. The molecule has 1 N–H and O–H groups in total. The molecule has 0 aromatic heterocycles. The molecule has 0 atom stereocenters. The van der Waals surface area contributed by atoms with Crippen LogP contribution >= 0.6 is 0 Å². The van der Waals surface area contributed by atoms with Gasteiger partial charge in [-0.15, -0.1) is 0 Å². The van der Waals surface area contributed by atoms with E-state index in [-0.39, 0.29) is 5.54 Å². The van der Waals surface area contributed by atoms with Crippen LogP contribution in [0.4, 0.5) is 0 Å². The lowest BCUT2D eigenvalue weighted by atomic mass is 10.1. The van der Waals surface area contributed by atoms with Gasteiger partial charge in [-0.1, -0.05) is 18.9 Å². The second-order valence-electron chi connectivity index (χ2n) is 6.66. The lowest BCUT2D eigenvalue weighted by Gasteiger charge is -2.22. The molecule has 0 heterocycles. The molecule has 0 bridgehead atoms. The van der Waals surface area contributed by atoms with Gasteiger partial charge >= 0.3 is 0 Å². The third kappa shape index (κ3) is 5.04. The molecule has 1 aliphatic carbocycles. The Morgan fingerprint density at radius 1 is 1.25 bits per heavy atom. The average Bonchev–Trinajstić information content (AvgIpc) is 3.20. The molecule has 1 saturated carbocycles. The van der Waals surface area contributed by atoms with Crippen LogP contribution in [-0.2, 0) is 6.54 Å². The minimum absolute atomic E-state index is 0.102. The molecule has 0 amide bonds. The SMILES string of the molecule is COc1ccc(CNC(C)(C)C)c(OCCC2CC2)c1. The molecule has 20 heavy (non-hydrogen) atoms. The Hall–Kier alpha value is -1.22. The van der Waals surface area contributed by atoms with Crippen molar-refractivity contribution in [2.45, 2.75) is 52.1 Å². The van der Waals surface area contributed by atoms with Gasteiger partial charge in [0.2, 0.25) is 0 Å². The number of hydrogen-bond acceptors (Lipinski definition) is 3. The third-order valence-corrected chi connectivity index (χ3v) is 3.56. The van der Waals surface area contributed by atoms with Crippen LogP contribution in [-0.4, -0.2) is 19.3 Å². The Morgan fingerprint density at radius 3 is 2.60 bits per heavy atom. The first-order valence-electron chi connectivity index (χ1n) is 7.53. The van der Waals surface area contributed by atoms with Crippen LogP contribution in [0.1, 0.15) is 45.6 Å². The lowest BCUT2D eigenvalue weighted by Crippen LogP contribution is -2.35. The highest BCUT2D eigenvalue weighted by atomic mass is 16.5. The van der Waals surface area contributed by atoms with Gasteiger partial charge in [0, 0.05) is 23.7 Å². The van der Waals surface area contributed by atoms with E-state index in [1.165, 1.54) is 24.8 Å². The summed E-state index contributed by atoms with van der Waals surface area (Å²) in [5.41, 5.74) is 1.29. The number of nitrogens with one attached hydrogen (secondary N) is 1. The molecule has 0 radical (unpaired) electrons. The van der Waals surface area contributed by atoms with E-state index in [4.69, 9.17) is 9.47 Å². The Kier molecular flexibility index (Phi) is 4.92. The van der Waals surface area contributed by atoms with E-state index in [1.54, 1.807) is 7.11 Å². The summed E-state index contributed by atoms with van der Waals surface area (Å²) in [7, 11) is 1.69. The van der Waals surface area contributed by atoms with E-state index in [0.717, 1.165) is 30.6 Å². The minimum atomic E-state index is 0.102. The maximum absolute atomic E-state index is 5.98. The van der Waals surface area contributed by atoms with Crippen molar-refractivity contribution in [1.82, 2.24) is 5.32 Å². The molecule has 1 aromatic rings. The summed E-state index contributed by atoms with van der Waals surface area (Å²) in [6, 6.07) is 6.07. The molecule has 1 aliphatic rings. The summed E-state index contributed by atoms with van der Waals surface area (Å²) in [6.07, 6.45) is 3.92. The molecule has 2 rings (SSSR count). The highest BCUT2D eigenvalue weighted by Crippen LogP contribution is 2.33. The topological polar surface area (TPSA) is 30.5 Å². The predicted octanol–water partition coefficient (Wildman–Crippen LogP) is 3.76. The molecule has 3 nitrogen and oxygen atoms in total. The fourth-order valence-electron chi connectivity index (χ4n) is 2.04. The molecular weight excluding hydrogens is 250 g/mol. The molecule has 1 fully saturated rings. The monoisotopic (exact) mass is 277 g/mol. The molecule has 112 valence electrons. The van der Waals surface area contributed by atoms with Gasteiger partial charge in [-0.2, -0.15) is 0 Å². The number of hydrogen-bond donors (Lipinski definition) is 1. The standard InChI is InChI=1S/C17H27NO2/c1-17(2,3)18-12-14-7-8-15(19-4)11-16(14)20-10-9-13-5-6-13/h7-8,11,13,18H,5-6,9-10,12H2,1-4H3. The first-order valence-corrected chi connectivity index (χ1v) is 7.53. The van der Waals surface area contributed by atoms with E-state index < -0.39 is 0 Å². The van der Waals surface area contributed by atoms with Crippen molar-refractivity contribution < 1.29 is 9.47 Å². The predicted molar refractivity (Wildman–Crippen MR) is 82.4 cm³/mol. The zero-order valence-corrected chi connectivity index (χ0v) is 13.2. The first kappa shape index (κ1) is 15.2. The summed E-state index contributed by atoms with van der Waals surface area (Å²) in [4.78, 5) is 0. The molecular formula is C17H27NO2. The van der Waals surface area contributed by atoms with Crippen LogP contribution in [0.2, 0.25) is 0 Å². The van der Waals surface area contributed by atoms with Gasteiger partial charge in [-0.25, -0.2) is 0 Å². The highest BCUT2D eigenvalue weighted by molar-refractivity contribution is 5.40. The quantitative estimate of drug-likeness (QED) is 0.823. The van der Waals surface area contributed by atoms with Crippen molar-refractivity contribution in [3.05, 3.63) is 23.8 Å². The van der Waals surface area contributed by atoms with Gasteiger partial charge < -0.3 is 14.8 Å². The van der Waals surface area contributed by atoms with Gasteiger partial charge in [-0.3, -0.25) is 0 Å². The van der Waals surface area contributed by atoms with Crippen molar-refractivity contribution in [3.8, 4) is 11.5 Å². The zero-order valence-electron chi connectivity index (χ0n) is 13.2. The van der Waals surface area contributed by atoms with Crippen LogP contribution in [0, 0.1) is 5.92 Å². The molecule has 1 aromatic carbocycles. The Morgan fingerprint density at radius 2 is 2.00 bits per heavy atom. The number of rotatable bonds is 7. The van der Waals surface area contributed by atoms with E-state index in [2.05, 4.69) is 32.2 Å². The summed E-state index contributed by atoms with van der Waals surface area (Å²) in [5.74, 6) is 2.70. The van der Waals surface area contributed by atoms with Gasteiger partial charge in [-0.05, 0) is 39.2 Å². The van der Waals surface area contributed by atoms with Gasteiger partial charge in [0.15, 0.2) is 0 Å². The van der Waals surface area contributed by atoms with Crippen LogP contribution < -0.4 is 14.8 Å². The smallest absolute Gasteiger partial charge is 0.127 e. The number of methoxy groups -OCH3 is 1. The fourth-order valence-corrected chi connectivity index (χ4v) is 2.04. The van der Waals surface area contributed by atoms with E-state index in [0.29, 0.717) is 0 Å². The van der Waals surface area contributed by atoms with Gasteiger partial charge in [0.05, 0.1) is 13.7 Å². The van der Waals surface area contributed by atoms with Crippen molar-refractivity contribution in [3.63, 3.8) is 0 Å². The zero-order chi connectivity index (χ0) is 14.6. The largest absolute Gasteiger partial charge is 0.497 e. The molecule has 3 heteroatoms. The van der Waals surface area contributed by atoms with Crippen molar-refractivity contribution in [2.75, 3.05) is 13.7 Å². The summed E-state index contributed by atoms with van der Waals surface area (Å²) >= 11 is 0. The van der Waals surface area contributed by atoms with Crippen LogP contribution in [0.3, 0.4) is 0 Å². The average molecular weight is 277 g/mol. The van der Waals surface area contributed by atoms with Gasteiger partial charge in [0.25, 0.3) is 0 Å². The highest BCUT2D eigenvalue weighted by Gasteiger charge is 2.21. The Labute approximate surface area is 122 Å². The fraction of sp³-hybridized carbons (Fsp3) is 0.647. The summed E-state index contributed by atoms with van der Waals surface area (Å²) in [5, 5.41) is 3.51. The molecule has 0 unspecified atom stereocenters. The lowest BCUT2D eigenvalue weighted by molar-refractivity contribution is 0.295. The minimum Gasteiger partial charge on any atom is -0.497 e. The third-order valence-electron chi connectivity index (χ3n) is 3.56. The van der Waals surface area contributed by atoms with E-state index >= 15 is 0 Å².